The average molecular weight is 277 g/mol. The molecule has 2 rings (SSSR count). The number of para-hydroxylation sites is 1. The molecule has 2 nitrogen and oxygen atoms in total. The van der Waals surface area contributed by atoms with Gasteiger partial charge in [-0.2, -0.15) is 0 Å². The molecule has 0 spiro atoms. The Kier molecular flexibility index (Phi) is 5.07. The van der Waals surface area contributed by atoms with E-state index in [4.69, 9.17) is 4.74 Å². The summed E-state index contributed by atoms with van der Waals surface area (Å²) in [5.74, 6) is 1.24. The van der Waals surface area contributed by atoms with Crippen molar-refractivity contribution in [3.63, 3.8) is 0 Å². The zero-order valence-electron chi connectivity index (χ0n) is 11.2. The van der Waals surface area contributed by atoms with Gasteiger partial charge in [-0.05, 0) is 36.4 Å². The van der Waals surface area contributed by atoms with Crippen LogP contribution in [0.25, 0.3) is 0 Å². The van der Waals surface area contributed by atoms with Gasteiger partial charge in [0.25, 0.3) is 6.43 Å². The van der Waals surface area contributed by atoms with Crippen molar-refractivity contribution in [2.75, 3.05) is 6.54 Å². The highest BCUT2D eigenvalue weighted by molar-refractivity contribution is 5.35. The number of ether oxygens (including phenoxy) is 1. The lowest BCUT2D eigenvalue weighted by molar-refractivity contribution is 0.0992. The third-order valence-corrected chi connectivity index (χ3v) is 2.87. The number of alkyl halides is 2. The minimum Gasteiger partial charge on any atom is -0.457 e. The van der Waals surface area contributed by atoms with Crippen LogP contribution in [-0.2, 0) is 0 Å². The van der Waals surface area contributed by atoms with Crippen molar-refractivity contribution in [1.82, 2.24) is 5.32 Å². The fraction of sp³-hybridized carbons (Fsp3) is 0.250. The lowest BCUT2D eigenvalue weighted by Gasteiger charge is -2.18. The van der Waals surface area contributed by atoms with Crippen LogP contribution in [0.4, 0.5) is 8.78 Å². The summed E-state index contributed by atoms with van der Waals surface area (Å²) in [5, 5.41) is 2.78. The van der Waals surface area contributed by atoms with Crippen LogP contribution in [0, 0.1) is 0 Å². The second kappa shape index (κ2) is 7.01. The molecule has 0 amide bonds. The van der Waals surface area contributed by atoms with Crippen LogP contribution in [0.2, 0.25) is 0 Å². The summed E-state index contributed by atoms with van der Waals surface area (Å²) in [4.78, 5) is 0. The topological polar surface area (TPSA) is 21.3 Å². The van der Waals surface area contributed by atoms with Crippen LogP contribution in [0.15, 0.2) is 54.6 Å². The molecule has 0 aromatic heterocycles. The summed E-state index contributed by atoms with van der Waals surface area (Å²) in [6, 6.07) is 15.1. The monoisotopic (exact) mass is 277 g/mol. The standard InChI is InChI=1S/C16H17F2NO/c1-2-19-15(16(17)18)12-7-6-10-14(11-12)20-13-8-4-3-5-9-13/h3-11,15-16,19H,2H2,1H3. The van der Waals surface area contributed by atoms with Crippen molar-refractivity contribution >= 4 is 0 Å². The first-order valence-electron chi connectivity index (χ1n) is 6.55. The molecule has 1 unspecified atom stereocenters. The van der Waals surface area contributed by atoms with Gasteiger partial charge in [0.1, 0.15) is 11.5 Å². The Morgan fingerprint density at radius 2 is 1.70 bits per heavy atom. The van der Waals surface area contributed by atoms with E-state index >= 15 is 0 Å². The highest BCUT2D eigenvalue weighted by Crippen LogP contribution is 2.27. The van der Waals surface area contributed by atoms with E-state index in [1.807, 2.05) is 30.3 Å². The second-order valence-electron chi connectivity index (χ2n) is 4.36. The molecular formula is C16H17F2NO. The molecule has 0 heterocycles. The fourth-order valence-corrected chi connectivity index (χ4v) is 1.97. The van der Waals surface area contributed by atoms with Crippen molar-refractivity contribution < 1.29 is 13.5 Å². The van der Waals surface area contributed by atoms with Gasteiger partial charge in [-0.1, -0.05) is 37.3 Å². The molecule has 0 fully saturated rings. The van der Waals surface area contributed by atoms with Crippen molar-refractivity contribution in [2.24, 2.45) is 0 Å². The van der Waals surface area contributed by atoms with Crippen molar-refractivity contribution in [2.45, 2.75) is 19.4 Å². The molecule has 4 heteroatoms. The number of hydrogen-bond acceptors (Lipinski definition) is 2. The van der Waals surface area contributed by atoms with E-state index < -0.39 is 12.5 Å². The van der Waals surface area contributed by atoms with Crippen molar-refractivity contribution in [3.05, 3.63) is 60.2 Å². The number of hydrogen-bond donors (Lipinski definition) is 1. The minimum absolute atomic E-state index is 0.485. The van der Waals surface area contributed by atoms with Gasteiger partial charge in [0.05, 0.1) is 6.04 Å². The van der Waals surface area contributed by atoms with E-state index in [9.17, 15) is 8.78 Å². The van der Waals surface area contributed by atoms with Crippen LogP contribution >= 0.6 is 0 Å². The first-order valence-corrected chi connectivity index (χ1v) is 6.55. The van der Waals surface area contributed by atoms with E-state index in [1.54, 1.807) is 31.2 Å². The molecule has 106 valence electrons. The normalized spacial score (nSPS) is 12.4. The smallest absolute Gasteiger partial charge is 0.257 e. The third-order valence-electron chi connectivity index (χ3n) is 2.87. The molecule has 2 aromatic carbocycles. The summed E-state index contributed by atoms with van der Waals surface area (Å²) >= 11 is 0. The Bertz CT molecular complexity index is 531. The molecule has 20 heavy (non-hydrogen) atoms. The Morgan fingerprint density at radius 3 is 2.35 bits per heavy atom. The molecule has 1 atom stereocenters. The number of nitrogens with one attached hydrogen (secondary N) is 1. The van der Waals surface area contributed by atoms with Crippen LogP contribution in [0.1, 0.15) is 18.5 Å². The molecule has 0 saturated heterocycles. The van der Waals surface area contributed by atoms with E-state index in [2.05, 4.69) is 5.32 Å². The third kappa shape index (κ3) is 3.78. The Hall–Kier alpha value is -1.94. The van der Waals surface area contributed by atoms with E-state index in [-0.39, 0.29) is 0 Å². The highest BCUT2D eigenvalue weighted by Gasteiger charge is 2.21. The molecule has 0 bridgehead atoms. The predicted octanol–water partition coefficient (Wildman–Crippen LogP) is 4.39. The quantitative estimate of drug-likeness (QED) is 0.845. The average Bonchev–Trinajstić information content (AvgIpc) is 2.46. The van der Waals surface area contributed by atoms with Gasteiger partial charge in [0.15, 0.2) is 0 Å². The van der Waals surface area contributed by atoms with Gasteiger partial charge in [-0.25, -0.2) is 8.78 Å². The van der Waals surface area contributed by atoms with Gasteiger partial charge in [-0.15, -0.1) is 0 Å². The van der Waals surface area contributed by atoms with Gasteiger partial charge >= 0.3 is 0 Å². The summed E-state index contributed by atoms with van der Waals surface area (Å²) in [6.07, 6.45) is -2.46. The zero-order chi connectivity index (χ0) is 14.4. The maximum atomic E-state index is 13.0. The molecule has 0 aliphatic carbocycles. The van der Waals surface area contributed by atoms with Gasteiger partial charge in [-0.3, -0.25) is 0 Å². The SMILES string of the molecule is CCNC(c1cccc(Oc2ccccc2)c1)C(F)F. The predicted molar refractivity (Wildman–Crippen MR) is 75.4 cm³/mol. The van der Waals surface area contributed by atoms with Crippen molar-refractivity contribution in [3.8, 4) is 11.5 Å². The van der Waals surface area contributed by atoms with Gasteiger partial charge in [0, 0.05) is 0 Å². The first-order chi connectivity index (χ1) is 9.70. The van der Waals surface area contributed by atoms with Gasteiger partial charge < -0.3 is 10.1 Å². The lowest BCUT2D eigenvalue weighted by atomic mass is 10.1. The lowest BCUT2D eigenvalue weighted by Crippen LogP contribution is -2.27. The maximum Gasteiger partial charge on any atom is 0.257 e. The Balaban J connectivity index is 2.18. The molecule has 0 saturated carbocycles. The zero-order valence-corrected chi connectivity index (χ0v) is 11.2. The number of rotatable bonds is 6. The molecule has 0 aliphatic rings. The molecule has 1 N–H and O–H groups in total. The largest absolute Gasteiger partial charge is 0.457 e. The summed E-state index contributed by atoms with van der Waals surface area (Å²) < 4.78 is 31.7. The summed E-state index contributed by atoms with van der Waals surface area (Å²) in [6.45, 7) is 2.29. The Labute approximate surface area is 117 Å². The molecule has 2 aromatic rings. The van der Waals surface area contributed by atoms with Crippen LogP contribution in [0.5, 0.6) is 11.5 Å². The van der Waals surface area contributed by atoms with E-state index in [0.717, 1.165) is 0 Å². The molecular weight excluding hydrogens is 260 g/mol. The summed E-state index contributed by atoms with van der Waals surface area (Å²) in [5.41, 5.74) is 0.523. The second-order valence-corrected chi connectivity index (χ2v) is 4.36. The maximum absolute atomic E-state index is 13.0. The van der Waals surface area contributed by atoms with E-state index in [0.29, 0.717) is 23.6 Å². The van der Waals surface area contributed by atoms with Crippen molar-refractivity contribution in [1.29, 1.82) is 0 Å². The molecule has 0 aliphatic heterocycles. The fourth-order valence-electron chi connectivity index (χ4n) is 1.97. The molecule has 0 radical (unpaired) electrons. The number of benzene rings is 2. The Morgan fingerprint density at radius 1 is 1.00 bits per heavy atom. The first kappa shape index (κ1) is 14.5. The highest BCUT2D eigenvalue weighted by atomic mass is 19.3. The summed E-state index contributed by atoms with van der Waals surface area (Å²) in [7, 11) is 0. The minimum atomic E-state index is -2.46. The number of halogens is 2. The van der Waals surface area contributed by atoms with E-state index in [1.165, 1.54) is 0 Å². The van der Waals surface area contributed by atoms with Crippen LogP contribution < -0.4 is 10.1 Å². The van der Waals surface area contributed by atoms with Gasteiger partial charge in [0.2, 0.25) is 0 Å². The van der Waals surface area contributed by atoms with Crippen LogP contribution in [0.3, 0.4) is 0 Å². The van der Waals surface area contributed by atoms with Crippen LogP contribution in [-0.4, -0.2) is 13.0 Å².